The van der Waals surface area contributed by atoms with E-state index in [1.54, 1.807) is 0 Å². The summed E-state index contributed by atoms with van der Waals surface area (Å²) in [6.07, 6.45) is 0. The zero-order chi connectivity index (χ0) is 9.72. The van der Waals surface area contributed by atoms with Crippen molar-refractivity contribution in [3.8, 4) is 0 Å². The van der Waals surface area contributed by atoms with E-state index in [-0.39, 0.29) is 20.3 Å². The van der Waals surface area contributed by atoms with Gasteiger partial charge in [-0.3, -0.25) is 0 Å². The van der Waals surface area contributed by atoms with Crippen LogP contribution < -0.4 is 18.9 Å². The Morgan fingerprint density at radius 3 is 1.46 bits per heavy atom. The molecule has 0 fully saturated rings. The van der Waals surface area contributed by atoms with Crippen molar-refractivity contribution in [3.05, 3.63) is 0 Å². The molecule has 0 aliphatic heterocycles. The number of halogens is 2. The maximum Gasteiger partial charge on any atom is 1.00 e. The maximum absolute atomic E-state index is 11.4. The Balaban J connectivity index is -0.000000605. The minimum Gasteiger partial charge on any atom is -1.00 e. The monoisotopic (exact) mass is 190 g/mol. The summed E-state index contributed by atoms with van der Waals surface area (Å²) in [5.41, 5.74) is 0. The second-order valence-corrected chi connectivity index (χ2v) is 1.39. The van der Waals surface area contributed by atoms with Gasteiger partial charge in [0.25, 0.3) is 0 Å². The molecule has 0 aromatic rings. The van der Waals surface area contributed by atoms with E-state index in [9.17, 15) is 18.2 Å². The standard InChI is InChI=1S/C2H2B2F2O6.Li.H/c5-3(9)11-1(7)2(8)12-4(6)10;;/h9-10H;;/q;+1;-1. The van der Waals surface area contributed by atoms with Crippen LogP contribution in [-0.2, 0) is 18.9 Å². The van der Waals surface area contributed by atoms with Gasteiger partial charge in [0.05, 0.1) is 0 Å². The number of carbonyl (C=O) groups excluding carboxylic acids is 2. The molecule has 0 aromatic carbocycles. The second kappa shape index (κ2) is 6.91. The van der Waals surface area contributed by atoms with Gasteiger partial charge in [-0.05, 0) is 0 Å². The minimum absolute atomic E-state index is 0. The van der Waals surface area contributed by atoms with Gasteiger partial charge in [-0.1, -0.05) is 0 Å². The van der Waals surface area contributed by atoms with Crippen molar-refractivity contribution < 1.29 is 57.9 Å². The summed E-state index contributed by atoms with van der Waals surface area (Å²) < 4.78 is 29.2. The molecule has 0 amide bonds. The Labute approximate surface area is 85.2 Å². The van der Waals surface area contributed by atoms with E-state index in [4.69, 9.17) is 10.0 Å². The number of hydrogen-bond acceptors (Lipinski definition) is 6. The molecule has 0 atom stereocenters. The van der Waals surface area contributed by atoms with Gasteiger partial charge in [-0.15, -0.1) is 0 Å². The smallest absolute Gasteiger partial charge is 1.00 e. The van der Waals surface area contributed by atoms with Crippen LogP contribution in [0.15, 0.2) is 0 Å². The molecule has 0 unspecified atom stereocenters. The second-order valence-electron chi connectivity index (χ2n) is 1.39. The van der Waals surface area contributed by atoms with Crippen molar-refractivity contribution in [2.24, 2.45) is 0 Å². The van der Waals surface area contributed by atoms with Gasteiger partial charge < -0.3 is 20.8 Å². The summed E-state index contributed by atoms with van der Waals surface area (Å²) in [6, 6.07) is 0. The van der Waals surface area contributed by atoms with Crippen molar-refractivity contribution in [1.82, 2.24) is 0 Å². The summed E-state index contributed by atoms with van der Waals surface area (Å²) in [6.45, 7) is 0. The molecule has 0 heterocycles. The van der Waals surface area contributed by atoms with Gasteiger partial charge in [0.1, 0.15) is 0 Å². The minimum atomic E-state index is -3.00. The third-order valence-electron chi connectivity index (χ3n) is 0.575. The zero-order valence-electron chi connectivity index (χ0n) is 7.44. The molecule has 2 N–H and O–H groups in total. The van der Waals surface area contributed by atoms with Gasteiger partial charge in [0, 0.05) is 0 Å². The van der Waals surface area contributed by atoms with E-state index in [1.807, 2.05) is 0 Å². The molecule has 11 heteroatoms. The van der Waals surface area contributed by atoms with E-state index < -0.39 is 26.7 Å². The summed E-state index contributed by atoms with van der Waals surface area (Å²) >= 11 is 0. The molecule has 0 rings (SSSR count). The third kappa shape index (κ3) is 7.80. The van der Waals surface area contributed by atoms with Crippen LogP contribution in [0.4, 0.5) is 8.63 Å². The Bertz CT molecular complexity index is 173. The predicted octanol–water partition coefficient (Wildman–Crippen LogP) is -4.92. The van der Waals surface area contributed by atoms with Crippen LogP contribution in [0.3, 0.4) is 0 Å². The Hall–Kier alpha value is -0.553. The molecule has 6 nitrogen and oxygen atoms in total. The number of carbonyl (C=O) groups is 2. The first-order valence-corrected chi connectivity index (χ1v) is 2.49. The molecule has 13 heavy (non-hydrogen) atoms. The summed E-state index contributed by atoms with van der Waals surface area (Å²) in [5, 5.41) is 15.5. The molecule has 0 spiro atoms. The van der Waals surface area contributed by atoms with Gasteiger partial charge in [0.2, 0.25) is 0 Å². The van der Waals surface area contributed by atoms with E-state index in [0.29, 0.717) is 0 Å². The fourth-order valence-corrected chi connectivity index (χ4v) is 0.273. The first-order chi connectivity index (χ1) is 5.43. The predicted molar refractivity (Wildman–Crippen MR) is 31.5 cm³/mol. The Morgan fingerprint density at radius 1 is 1.08 bits per heavy atom. The fraction of sp³-hybridized carbons (Fsp3) is 0. The van der Waals surface area contributed by atoms with Crippen LogP contribution in [0.1, 0.15) is 1.43 Å². The van der Waals surface area contributed by atoms with Crippen LogP contribution in [-0.4, -0.2) is 36.8 Å². The molecule has 0 saturated carbocycles. The molecular weight excluding hydrogens is 187 g/mol. The molecular formula is C2H3B2F2LiO6. The normalized spacial score (nSPS) is 8.00. The number of hydrogen-bond donors (Lipinski definition) is 2. The average Bonchev–Trinajstić information content (AvgIpc) is 1.84. The van der Waals surface area contributed by atoms with Crippen molar-refractivity contribution >= 4 is 26.7 Å². The summed E-state index contributed by atoms with van der Waals surface area (Å²) in [4.78, 5) is 20.2. The van der Waals surface area contributed by atoms with Crippen LogP contribution >= 0.6 is 0 Å². The Morgan fingerprint density at radius 2 is 1.31 bits per heavy atom. The van der Waals surface area contributed by atoms with Crippen LogP contribution in [0.2, 0.25) is 0 Å². The molecule has 68 valence electrons. The van der Waals surface area contributed by atoms with Crippen molar-refractivity contribution in [1.29, 1.82) is 0 Å². The van der Waals surface area contributed by atoms with Gasteiger partial charge in [0.15, 0.2) is 0 Å². The molecule has 0 saturated heterocycles. The number of rotatable bonds is 2. The van der Waals surface area contributed by atoms with Gasteiger partial charge >= 0.3 is 45.6 Å². The van der Waals surface area contributed by atoms with Crippen LogP contribution in [0.5, 0.6) is 0 Å². The first-order valence-electron chi connectivity index (χ1n) is 2.49. The topological polar surface area (TPSA) is 93.1 Å². The molecule has 0 radical (unpaired) electrons. The quantitative estimate of drug-likeness (QED) is 0.334. The van der Waals surface area contributed by atoms with Crippen molar-refractivity contribution in [2.45, 2.75) is 0 Å². The van der Waals surface area contributed by atoms with Gasteiger partial charge in [-0.25, -0.2) is 18.2 Å². The summed E-state index contributed by atoms with van der Waals surface area (Å²) in [7, 11) is -6.00. The maximum atomic E-state index is 11.4. The van der Waals surface area contributed by atoms with E-state index in [2.05, 4.69) is 9.31 Å². The van der Waals surface area contributed by atoms with Gasteiger partial charge in [-0.2, -0.15) is 0 Å². The molecule has 0 aliphatic rings. The van der Waals surface area contributed by atoms with E-state index >= 15 is 0 Å². The molecule has 0 bridgehead atoms. The van der Waals surface area contributed by atoms with Crippen LogP contribution in [0.25, 0.3) is 0 Å². The largest absolute Gasteiger partial charge is 1.00 e. The first kappa shape index (κ1) is 14.9. The van der Waals surface area contributed by atoms with E-state index in [1.165, 1.54) is 0 Å². The molecule has 0 aliphatic carbocycles. The SMILES string of the molecule is O=C(OB(O)F)C(=O)OB(O)F.[H-].[Li+]. The molecule has 0 aromatic heterocycles. The van der Waals surface area contributed by atoms with Crippen molar-refractivity contribution in [2.75, 3.05) is 0 Å². The van der Waals surface area contributed by atoms with Crippen LogP contribution in [0, 0.1) is 0 Å². The van der Waals surface area contributed by atoms with Crippen molar-refractivity contribution in [3.63, 3.8) is 0 Å². The van der Waals surface area contributed by atoms with E-state index in [0.717, 1.165) is 0 Å². The zero-order valence-corrected chi connectivity index (χ0v) is 6.44. The third-order valence-corrected chi connectivity index (χ3v) is 0.575. The Kier molecular flexibility index (Phi) is 7.94. The fourth-order valence-electron chi connectivity index (χ4n) is 0.273. The average molecular weight is 190 g/mol. The summed E-state index contributed by atoms with van der Waals surface area (Å²) in [5.74, 6) is -3.91.